The number of ether oxygens (including phenoxy) is 1. The Morgan fingerprint density at radius 1 is 1.11 bits per heavy atom. The lowest BCUT2D eigenvalue weighted by atomic mass is 10.2. The van der Waals surface area contributed by atoms with E-state index in [2.05, 4.69) is 24.0 Å². The summed E-state index contributed by atoms with van der Waals surface area (Å²) in [5.41, 5.74) is 3.21. The number of oxazole rings is 1. The van der Waals surface area contributed by atoms with E-state index in [-0.39, 0.29) is 0 Å². The zero-order valence-electron chi connectivity index (χ0n) is 16.7. The number of rotatable bonds is 7. The van der Waals surface area contributed by atoms with Crippen molar-refractivity contribution in [3.05, 3.63) is 71.6 Å². The molecule has 0 saturated carbocycles. The average molecular weight is 377 g/mol. The van der Waals surface area contributed by atoms with Crippen molar-refractivity contribution in [2.24, 2.45) is 0 Å². The topological polar surface area (TPSA) is 38.5 Å². The highest BCUT2D eigenvalue weighted by Gasteiger charge is 2.21. The van der Waals surface area contributed by atoms with Gasteiger partial charge in [-0.15, -0.1) is 0 Å². The lowest BCUT2D eigenvalue weighted by Crippen LogP contribution is -2.29. The van der Waals surface area contributed by atoms with E-state index in [9.17, 15) is 0 Å². The summed E-state index contributed by atoms with van der Waals surface area (Å²) in [6.07, 6.45) is 3.56. The number of likely N-dealkylation sites (tertiary alicyclic amines) is 1. The molecule has 146 valence electrons. The fourth-order valence-electron chi connectivity index (χ4n) is 3.79. The minimum Gasteiger partial charge on any atom is -0.489 e. The predicted molar refractivity (Wildman–Crippen MR) is 111 cm³/mol. The second-order valence-corrected chi connectivity index (χ2v) is 7.60. The second kappa shape index (κ2) is 8.61. The third-order valence-electron chi connectivity index (χ3n) is 5.57. The molecule has 0 N–H and O–H groups in total. The normalized spacial score (nSPS) is 17.1. The number of benzene rings is 2. The van der Waals surface area contributed by atoms with Crippen molar-refractivity contribution in [3.63, 3.8) is 0 Å². The Balaban J connectivity index is 1.37. The molecule has 1 atom stereocenters. The minimum atomic E-state index is 0.567. The molecular formula is C24H28N2O2. The lowest BCUT2D eigenvalue weighted by molar-refractivity contribution is 0.271. The van der Waals surface area contributed by atoms with E-state index >= 15 is 0 Å². The zero-order chi connectivity index (χ0) is 19.3. The molecule has 1 fully saturated rings. The van der Waals surface area contributed by atoms with Crippen LogP contribution >= 0.6 is 0 Å². The van der Waals surface area contributed by atoms with E-state index in [1.54, 1.807) is 0 Å². The first kappa shape index (κ1) is 18.8. The van der Waals surface area contributed by atoms with Gasteiger partial charge in [0.25, 0.3) is 0 Å². The molecule has 0 unspecified atom stereocenters. The van der Waals surface area contributed by atoms with Gasteiger partial charge in [0.2, 0.25) is 5.89 Å². The molecule has 4 heteroatoms. The first-order valence-electron chi connectivity index (χ1n) is 10.2. The molecule has 4 nitrogen and oxygen atoms in total. The van der Waals surface area contributed by atoms with Crippen LogP contribution in [-0.2, 0) is 13.0 Å². The van der Waals surface area contributed by atoms with Crippen LogP contribution < -0.4 is 4.74 Å². The number of hydrogen-bond acceptors (Lipinski definition) is 4. The molecule has 1 aliphatic rings. The van der Waals surface area contributed by atoms with Crippen molar-refractivity contribution in [1.82, 2.24) is 9.88 Å². The monoisotopic (exact) mass is 376 g/mol. The summed E-state index contributed by atoms with van der Waals surface area (Å²) in [6, 6.07) is 18.8. The van der Waals surface area contributed by atoms with Crippen LogP contribution in [0.15, 0.2) is 59.0 Å². The van der Waals surface area contributed by atoms with E-state index in [0.29, 0.717) is 18.5 Å². The molecule has 0 aliphatic carbocycles. The van der Waals surface area contributed by atoms with Gasteiger partial charge in [-0.05, 0) is 63.1 Å². The highest BCUT2D eigenvalue weighted by atomic mass is 16.5. The van der Waals surface area contributed by atoms with Crippen molar-refractivity contribution in [2.75, 3.05) is 13.1 Å². The Hall–Kier alpha value is -2.59. The molecule has 28 heavy (non-hydrogen) atoms. The van der Waals surface area contributed by atoms with E-state index in [1.807, 2.05) is 49.4 Å². The van der Waals surface area contributed by atoms with Gasteiger partial charge in [-0.3, -0.25) is 0 Å². The molecule has 1 aliphatic heterocycles. The summed E-state index contributed by atoms with van der Waals surface area (Å²) in [7, 11) is 0. The second-order valence-electron chi connectivity index (χ2n) is 7.60. The van der Waals surface area contributed by atoms with Crippen LogP contribution in [0, 0.1) is 6.92 Å². The molecule has 0 bridgehead atoms. The smallest absolute Gasteiger partial charge is 0.226 e. The summed E-state index contributed by atoms with van der Waals surface area (Å²) >= 11 is 0. The van der Waals surface area contributed by atoms with E-state index in [4.69, 9.17) is 14.1 Å². The number of nitrogens with zero attached hydrogens (tertiary/aromatic N) is 2. The molecule has 0 radical (unpaired) electrons. The van der Waals surface area contributed by atoms with Crippen LogP contribution in [-0.4, -0.2) is 29.0 Å². The Morgan fingerprint density at radius 2 is 1.89 bits per heavy atom. The molecule has 1 aromatic heterocycles. The van der Waals surface area contributed by atoms with Gasteiger partial charge in [0.05, 0.1) is 5.69 Å². The molecule has 3 aromatic rings. The molecule has 2 heterocycles. The third-order valence-corrected chi connectivity index (χ3v) is 5.57. The number of aryl methyl sites for hydroxylation is 1. The fraction of sp³-hybridized carbons (Fsp3) is 0.375. The summed E-state index contributed by atoms with van der Waals surface area (Å²) < 4.78 is 11.8. The van der Waals surface area contributed by atoms with E-state index < -0.39 is 0 Å². The van der Waals surface area contributed by atoms with Gasteiger partial charge in [-0.1, -0.05) is 30.3 Å². The fourth-order valence-corrected chi connectivity index (χ4v) is 3.79. The minimum absolute atomic E-state index is 0.567. The van der Waals surface area contributed by atoms with Gasteiger partial charge in [0, 0.05) is 24.6 Å². The van der Waals surface area contributed by atoms with Gasteiger partial charge in [0.15, 0.2) is 0 Å². The summed E-state index contributed by atoms with van der Waals surface area (Å²) in [4.78, 5) is 7.30. The van der Waals surface area contributed by atoms with Gasteiger partial charge in [-0.2, -0.15) is 0 Å². The van der Waals surface area contributed by atoms with Crippen molar-refractivity contribution in [2.45, 2.75) is 45.8 Å². The molecule has 2 aromatic carbocycles. The van der Waals surface area contributed by atoms with E-state index in [1.165, 1.54) is 19.4 Å². The van der Waals surface area contributed by atoms with Gasteiger partial charge < -0.3 is 14.1 Å². The first-order chi connectivity index (χ1) is 13.7. The van der Waals surface area contributed by atoms with Crippen molar-refractivity contribution < 1.29 is 9.15 Å². The first-order valence-corrected chi connectivity index (χ1v) is 10.2. The number of aromatic nitrogens is 1. The van der Waals surface area contributed by atoms with Gasteiger partial charge >= 0.3 is 0 Å². The maximum absolute atomic E-state index is 5.94. The van der Waals surface area contributed by atoms with Gasteiger partial charge in [-0.25, -0.2) is 4.98 Å². The standard InChI is InChI=1S/C24H28N2O2/c1-18-7-6-15-26(18)16-14-23-19(2)28-24(25-23)21-10-12-22(13-11-21)27-17-20-8-4-3-5-9-20/h3-5,8-13,18H,6-7,14-17H2,1-2H3/t18-/m1/s1. The maximum atomic E-state index is 5.94. The van der Waals surface area contributed by atoms with Gasteiger partial charge in [0.1, 0.15) is 18.1 Å². The van der Waals surface area contributed by atoms with Crippen LogP contribution in [0.3, 0.4) is 0 Å². The molecule has 0 spiro atoms. The van der Waals surface area contributed by atoms with Crippen molar-refractivity contribution in [3.8, 4) is 17.2 Å². The maximum Gasteiger partial charge on any atom is 0.226 e. The quantitative estimate of drug-likeness (QED) is 0.564. The summed E-state index contributed by atoms with van der Waals surface area (Å²) in [6.45, 7) is 7.15. The van der Waals surface area contributed by atoms with Crippen molar-refractivity contribution >= 4 is 0 Å². The Bertz CT molecular complexity index is 887. The molecule has 0 amide bonds. The highest BCUT2D eigenvalue weighted by Crippen LogP contribution is 2.25. The largest absolute Gasteiger partial charge is 0.489 e. The molecule has 4 rings (SSSR count). The van der Waals surface area contributed by atoms with Crippen LogP contribution in [0.4, 0.5) is 0 Å². The zero-order valence-corrected chi connectivity index (χ0v) is 16.7. The Labute approximate surface area is 167 Å². The third kappa shape index (κ3) is 4.45. The Morgan fingerprint density at radius 3 is 2.61 bits per heavy atom. The molecular weight excluding hydrogens is 348 g/mol. The average Bonchev–Trinajstić information content (AvgIpc) is 3.31. The summed E-state index contributed by atoms with van der Waals surface area (Å²) in [5, 5.41) is 0. The molecule has 1 saturated heterocycles. The highest BCUT2D eigenvalue weighted by molar-refractivity contribution is 5.55. The predicted octanol–water partition coefficient (Wildman–Crippen LogP) is 5.26. The van der Waals surface area contributed by atoms with Crippen molar-refractivity contribution in [1.29, 1.82) is 0 Å². The SMILES string of the molecule is Cc1oc(-c2ccc(OCc3ccccc3)cc2)nc1CCN1CCC[C@H]1C. The van der Waals surface area contributed by atoms with Crippen LogP contribution in [0.5, 0.6) is 5.75 Å². The number of hydrogen-bond donors (Lipinski definition) is 0. The van der Waals surface area contributed by atoms with E-state index in [0.717, 1.165) is 41.3 Å². The van der Waals surface area contributed by atoms with Crippen LogP contribution in [0.2, 0.25) is 0 Å². The van der Waals surface area contributed by atoms with Crippen LogP contribution in [0.25, 0.3) is 11.5 Å². The lowest BCUT2D eigenvalue weighted by Gasteiger charge is -2.20. The Kier molecular flexibility index (Phi) is 5.77. The van der Waals surface area contributed by atoms with Crippen LogP contribution in [0.1, 0.15) is 36.8 Å². The summed E-state index contributed by atoms with van der Waals surface area (Å²) in [5.74, 6) is 2.46.